The number of carbonyl (C=O) groups excluding carboxylic acids is 1. The second-order valence-electron chi connectivity index (χ2n) is 10.2. The fourth-order valence-corrected chi connectivity index (χ4v) is 7.88. The molecule has 28 heavy (non-hydrogen) atoms. The van der Waals surface area contributed by atoms with Crippen LogP contribution in [0.4, 0.5) is 0 Å². The zero-order valence-corrected chi connectivity index (χ0v) is 16.8. The fraction of sp³-hybridized carbons (Fsp3) is 0.826. The molecule has 0 aromatic heterocycles. The number of hydrogen-bond donors (Lipinski definition) is 0. The summed E-state index contributed by atoms with van der Waals surface area (Å²) >= 11 is 0. The van der Waals surface area contributed by atoms with Crippen LogP contribution in [0, 0.1) is 35.5 Å². The number of ether oxygens (including phenoxy) is 4. The third kappa shape index (κ3) is 2.09. The van der Waals surface area contributed by atoms with Crippen molar-refractivity contribution in [1.82, 2.24) is 0 Å². The Morgan fingerprint density at radius 1 is 1.00 bits per heavy atom. The maximum absolute atomic E-state index is 13.6. The number of hydrogen-bond acceptors (Lipinski definition) is 5. The summed E-state index contributed by atoms with van der Waals surface area (Å²) in [4.78, 5) is 13.6. The van der Waals surface area contributed by atoms with Crippen molar-refractivity contribution < 1.29 is 23.7 Å². The molecule has 5 atom stereocenters. The maximum Gasteiger partial charge on any atom is 0.188 e. The van der Waals surface area contributed by atoms with Crippen LogP contribution in [-0.2, 0) is 23.7 Å². The number of ketones is 1. The monoisotopic (exact) mass is 387 g/mol. The third-order valence-corrected chi connectivity index (χ3v) is 9.13. The number of rotatable bonds is 0. The van der Waals surface area contributed by atoms with Gasteiger partial charge in [-0.15, -0.1) is 0 Å². The third-order valence-electron chi connectivity index (χ3n) is 9.13. The predicted molar refractivity (Wildman–Crippen MR) is 101 cm³/mol. The van der Waals surface area contributed by atoms with Gasteiger partial charge in [0.1, 0.15) is 5.78 Å². The van der Waals surface area contributed by atoms with Crippen LogP contribution in [0.15, 0.2) is 11.6 Å². The first kappa shape index (κ1) is 18.1. The molecule has 0 N–H and O–H groups in total. The lowest BCUT2D eigenvalue weighted by atomic mass is 9.46. The van der Waals surface area contributed by atoms with Gasteiger partial charge in [0.05, 0.1) is 26.4 Å². The number of carbonyl (C=O) groups is 1. The molecular formula is C23H31O5. The minimum atomic E-state index is -0.557. The topological polar surface area (TPSA) is 54.0 Å². The molecule has 5 heteroatoms. The van der Waals surface area contributed by atoms with Gasteiger partial charge in [0.2, 0.25) is 0 Å². The molecular weight excluding hydrogens is 356 g/mol. The van der Waals surface area contributed by atoms with Gasteiger partial charge >= 0.3 is 0 Å². The Hall–Kier alpha value is -0.750. The van der Waals surface area contributed by atoms with Crippen LogP contribution in [-0.4, -0.2) is 43.8 Å². The molecule has 2 spiro atoms. The Labute approximate surface area is 167 Å². The molecule has 0 amide bonds. The number of fused-ring (bicyclic) bond motifs is 6. The van der Waals surface area contributed by atoms with Gasteiger partial charge in [-0.2, -0.15) is 0 Å². The highest BCUT2D eigenvalue weighted by molar-refractivity contribution is 5.85. The summed E-state index contributed by atoms with van der Waals surface area (Å²) in [6, 6.07) is 0. The van der Waals surface area contributed by atoms with Crippen molar-refractivity contribution in [2.24, 2.45) is 28.6 Å². The first-order valence-corrected chi connectivity index (χ1v) is 11.1. The van der Waals surface area contributed by atoms with Gasteiger partial charge < -0.3 is 18.9 Å². The van der Waals surface area contributed by atoms with Crippen molar-refractivity contribution in [2.75, 3.05) is 26.4 Å². The molecule has 2 heterocycles. The summed E-state index contributed by atoms with van der Waals surface area (Å²) in [7, 11) is 0. The van der Waals surface area contributed by atoms with E-state index in [1.807, 2.05) is 0 Å². The first-order chi connectivity index (χ1) is 13.4. The molecule has 0 unspecified atom stereocenters. The maximum atomic E-state index is 13.6. The van der Waals surface area contributed by atoms with Gasteiger partial charge in [-0.3, -0.25) is 4.79 Å². The number of Topliss-reactive ketones (excluding diaryl/α,β-unsaturated/α-hetero) is 1. The van der Waals surface area contributed by atoms with E-state index in [4.69, 9.17) is 25.9 Å². The highest BCUT2D eigenvalue weighted by atomic mass is 16.7. The van der Waals surface area contributed by atoms with E-state index in [2.05, 4.69) is 13.0 Å². The van der Waals surface area contributed by atoms with Crippen molar-refractivity contribution >= 4 is 5.78 Å². The molecule has 4 aliphatic carbocycles. The molecule has 3 saturated carbocycles. The van der Waals surface area contributed by atoms with Crippen LogP contribution in [0.5, 0.6) is 0 Å². The Balaban J connectivity index is 1.37. The lowest BCUT2D eigenvalue weighted by Crippen LogP contribution is -2.59. The molecule has 2 aliphatic heterocycles. The van der Waals surface area contributed by atoms with E-state index in [-0.39, 0.29) is 16.7 Å². The quantitative estimate of drug-likeness (QED) is 0.596. The van der Waals surface area contributed by atoms with Gasteiger partial charge in [0.15, 0.2) is 11.6 Å². The van der Waals surface area contributed by atoms with Gasteiger partial charge in [0, 0.05) is 36.0 Å². The van der Waals surface area contributed by atoms with E-state index in [9.17, 15) is 4.79 Å². The van der Waals surface area contributed by atoms with Crippen LogP contribution in [0.3, 0.4) is 0 Å². The van der Waals surface area contributed by atoms with Crippen molar-refractivity contribution in [3.8, 4) is 0 Å². The van der Waals surface area contributed by atoms with Crippen molar-refractivity contribution in [3.63, 3.8) is 0 Å². The SMILES string of the molecule is [CH2][C@]12CCC3(C=C1CC[C@@H]1[C@@H]2C(=O)C[C@@]2(C)[C@H]1CCC21OCCO1)OCCO3. The highest BCUT2D eigenvalue weighted by Crippen LogP contribution is 2.68. The highest BCUT2D eigenvalue weighted by Gasteiger charge is 2.69. The lowest BCUT2D eigenvalue weighted by molar-refractivity contribution is -0.239. The van der Waals surface area contributed by atoms with E-state index in [1.54, 1.807) is 0 Å². The summed E-state index contributed by atoms with van der Waals surface area (Å²) in [5.41, 5.74) is 0.794. The van der Waals surface area contributed by atoms with Crippen molar-refractivity contribution in [3.05, 3.63) is 18.6 Å². The van der Waals surface area contributed by atoms with E-state index in [0.29, 0.717) is 50.5 Å². The average molecular weight is 387 g/mol. The first-order valence-electron chi connectivity index (χ1n) is 11.1. The molecule has 0 aromatic carbocycles. The minimum Gasteiger partial charge on any atom is -0.347 e. The molecule has 1 radical (unpaired) electrons. The smallest absolute Gasteiger partial charge is 0.188 e. The van der Waals surface area contributed by atoms with Crippen LogP contribution in [0.2, 0.25) is 0 Å². The normalized spacial score (nSPS) is 48.4. The minimum absolute atomic E-state index is 0.0147. The Morgan fingerprint density at radius 3 is 2.46 bits per heavy atom. The molecule has 0 aromatic rings. The van der Waals surface area contributed by atoms with Crippen LogP contribution in [0.25, 0.3) is 0 Å². The zero-order chi connectivity index (χ0) is 19.2. The second kappa shape index (κ2) is 5.69. The zero-order valence-electron chi connectivity index (χ0n) is 16.8. The summed E-state index contributed by atoms with van der Waals surface area (Å²) in [6.07, 6.45) is 8.47. The molecule has 5 fully saturated rings. The molecule has 2 saturated heterocycles. The average Bonchev–Trinajstić information content (AvgIpc) is 3.38. The van der Waals surface area contributed by atoms with E-state index < -0.39 is 11.6 Å². The Morgan fingerprint density at radius 2 is 1.71 bits per heavy atom. The summed E-state index contributed by atoms with van der Waals surface area (Å²) in [5.74, 6) is 0.148. The van der Waals surface area contributed by atoms with Crippen LogP contribution < -0.4 is 0 Å². The summed E-state index contributed by atoms with van der Waals surface area (Å²) in [6.45, 7) is 9.57. The van der Waals surface area contributed by atoms with Gasteiger partial charge in [-0.05, 0) is 50.5 Å². The van der Waals surface area contributed by atoms with Gasteiger partial charge in [0.25, 0.3) is 0 Å². The van der Waals surface area contributed by atoms with E-state index in [1.165, 1.54) is 5.57 Å². The second-order valence-corrected chi connectivity index (χ2v) is 10.2. The largest absolute Gasteiger partial charge is 0.347 e. The summed E-state index contributed by atoms with van der Waals surface area (Å²) in [5, 5.41) is 0. The Bertz CT molecular complexity index is 731. The molecule has 153 valence electrons. The Kier molecular flexibility index (Phi) is 3.67. The molecule has 0 bridgehead atoms. The van der Waals surface area contributed by atoms with Crippen molar-refractivity contribution in [1.29, 1.82) is 0 Å². The molecule has 6 aliphatic rings. The fourth-order valence-electron chi connectivity index (χ4n) is 7.88. The van der Waals surface area contributed by atoms with E-state index >= 15 is 0 Å². The molecule has 6 rings (SSSR count). The number of allylic oxidation sites excluding steroid dienone is 1. The molecule has 5 nitrogen and oxygen atoms in total. The van der Waals surface area contributed by atoms with Crippen LogP contribution in [0.1, 0.15) is 51.9 Å². The van der Waals surface area contributed by atoms with Crippen LogP contribution >= 0.6 is 0 Å². The van der Waals surface area contributed by atoms with E-state index in [0.717, 1.165) is 38.5 Å². The lowest BCUT2D eigenvalue weighted by Gasteiger charge is -2.58. The standard InChI is InChI=1S/C23H31O5/c1-20-7-8-22(25-9-10-26-22)13-15(20)3-4-16-17-5-6-23(27-11-12-28-23)21(17,2)14-18(24)19(16)20/h13,16-17,19H,1,3-12,14H2,2H3/t16-,17-,19+,20-,21-/m0/s1. The van der Waals surface area contributed by atoms with Gasteiger partial charge in [-0.1, -0.05) is 12.5 Å². The summed E-state index contributed by atoms with van der Waals surface area (Å²) < 4.78 is 24.2. The van der Waals surface area contributed by atoms with Gasteiger partial charge in [-0.25, -0.2) is 0 Å². The van der Waals surface area contributed by atoms with Crippen molar-refractivity contribution in [2.45, 2.75) is 63.4 Å². The predicted octanol–water partition coefficient (Wildman–Crippen LogP) is 3.43.